The van der Waals surface area contributed by atoms with Crippen LogP contribution < -0.4 is 14.1 Å². The third-order valence-corrected chi connectivity index (χ3v) is 11.8. The summed E-state index contributed by atoms with van der Waals surface area (Å²) in [5.74, 6) is 6.78. The van der Waals surface area contributed by atoms with Gasteiger partial charge >= 0.3 is 0 Å². The lowest BCUT2D eigenvalue weighted by molar-refractivity contribution is 0.922. The first kappa shape index (κ1) is 34.0. The van der Waals surface area contributed by atoms with Gasteiger partial charge in [-0.05, 0) is 105 Å². The van der Waals surface area contributed by atoms with E-state index in [9.17, 15) is 5.26 Å². The van der Waals surface area contributed by atoms with Crippen molar-refractivity contribution >= 4 is 62.7 Å². The van der Waals surface area contributed by atoms with Crippen molar-refractivity contribution in [3.8, 4) is 38.9 Å². The molecule has 248 valence electrons. The van der Waals surface area contributed by atoms with E-state index >= 15 is 0 Å². The highest BCUT2D eigenvalue weighted by atomic mass is 32.1. The van der Waals surface area contributed by atoms with Gasteiger partial charge < -0.3 is 4.90 Å². The second-order valence-corrected chi connectivity index (χ2v) is 15.5. The Bertz CT molecular complexity index is 2500. The lowest BCUT2D eigenvalue weighted by atomic mass is 10.1. The maximum absolute atomic E-state index is 9.48. The quantitative estimate of drug-likeness (QED) is 0.147. The van der Waals surface area contributed by atoms with Crippen LogP contribution in [0.5, 0.6) is 0 Å². The first-order valence-electron chi connectivity index (χ1n) is 16.9. The van der Waals surface area contributed by atoms with Crippen molar-refractivity contribution in [2.75, 3.05) is 4.90 Å². The van der Waals surface area contributed by atoms with Crippen LogP contribution in [0.15, 0.2) is 127 Å². The van der Waals surface area contributed by atoms with Crippen LogP contribution in [0.3, 0.4) is 0 Å². The molecule has 6 heteroatoms. The number of hydrogen-bond donors (Lipinski definition) is 0. The van der Waals surface area contributed by atoms with Crippen LogP contribution in [-0.4, -0.2) is 4.98 Å². The van der Waals surface area contributed by atoms with Crippen molar-refractivity contribution in [1.29, 1.82) is 5.26 Å². The Labute approximate surface area is 311 Å². The lowest BCUT2D eigenvalue weighted by Gasteiger charge is -2.26. The SMILES string of the molecule is CCCc1ccc(N(c2ccc(C)cc2)c2ccc(C#Cc3ccc(-c4ccc(C=c5s/c(=C(\C)C#N)nc5-c5ccccc5)s4)s3)cc2)cc1. The predicted octanol–water partition coefficient (Wildman–Crippen LogP) is 11.3. The molecule has 0 atom stereocenters. The summed E-state index contributed by atoms with van der Waals surface area (Å²) in [5.41, 5.74) is 9.53. The Morgan fingerprint density at radius 3 is 2.06 bits per heavy atom. The van der Waals surface area contributed by atoms with E-state index in [2.05, 4.69) is 152 Å². The molecule has 0 saturated heterocycles. The van der Waals surface area contributed by atoms with Crippen molar-refractivity contribution in [2.24, 2.45) is 0 Å². The number of hydrogen-bond acceptors (Lipinski definition) is 6. The van der Waals surface area contributed by atoms with Gasteiger partial charge in [0.05, 0.1) is 26.7 Å². The number of thiophene rings is 2. The molecule has 0 N–H and O–H groups in total. The smallest absolute Gasteiger partial charge is 0.130 e. The van der Waals surface area contributed by atoms with E-state index in [1.807, 2.05) is 25.1 Å². The molecule has 0 spiro atoms. The Kier molecular flexibility index (Phi) is 10.4. The molecule has 0 amide bonds. The zero-order valence-electron chi connectivity index (χ0n) is 28.7. The van der Waals surface area contributed by atoms with Crippen molar-refractivity contribution in [1.82, 2.24) is 4.98 Å². The van der Waals surface area contributed by atoms with Crippen molar-refractivity contribution < 1.29 is 0 Å². The highest BCUT2D eigenvalue weighted by molar-refractivity contribution is 7.22. The normalized spacial score (nSPS) is 11.8. The van der Waals surface area contributed by atoms with Gasteiger partial charge in [0.2, 0.25) is 0 Å². The maximum Gasteiger partial charge on any atom is 0.130 e. The van der Waals surface area contributed by atoms with Crippen LogP contribution in [0, 0.1) is 30.1 Å². The fourth-order valence-electron chi connectivity index (χ4n) is 5.74. The van der Waals surface area contributed by atoms with E-state index in [1.165, 1.54) is 20.9 Å². The van der Waals surface area contributed by atoms with E-state index in [0.29, 0.717) is 5.57 Å². The molecule has 0 bridgehead atoms. The highest BCUT2D eigenvalue weighted by Crippen LogP contribution is 2.36. The van der Waals surface area contributed by atoms with Crippen LogP contribution in [0.1, 0.15) is 46.7 Å². The second-order valence-electron chi connectivity index (χ2n) is 12.2. The molecule has 3 nitrogen and oxygen atoms in total. The van der Waals surface area contributed by atoms with Crippen molar-refractivity contribution in [2.45, 2.75) is 33.6 Å². The molecule has 0 saturated carbocycles. The molecule has 3 heterocycles. The minimum Gasteiger partial charge on any atom is -0.311 e. The van der Waals surface area contributed by atoms with E-state index in [-0.39, 0.29) is 0 Å². The number of nitrogens with zero attached hydrogens (tertiary/aromatic N) is 3. The number of thiazole rings is 1. The third kappa shape index (κ3) is 7.96. The number of aromatic nitrogens is 1. The predicted molar refractivity (Wildman–Crippen MR) is 219 cm³/mol. The van der Waals surface area contributed by atoms with Crippen molar-refractivity contribution in [3.05, 3.63) is 163 Å². The molecule has 0 unspecified atom stereocenters. The summed E-state index contributed by atoms with van der Waals surface area (Å²) in [5, 5.41) is 9.48. The molecule has 0 aliphatic rings. The van der Waals surface area contributed by atoms with E-state index < -0.39 is 0 Å². The summed E-state index contributed by atoms with van der Waals surface area (Å²) in [6, 6.07) is 47.1. The van der Waals surface area contributed by atoms with Gasteiger partial charge in [-0.25, -0.2) is 4.98 Å². The molecular weight excluding hydrogens is 679 g/mol. The van der Waals surface area contributed by atoms with Crippen LogP contribution in [0.4, 0.5) is 17.1 Å². The Morgan fingerprint density at radius 2 is 1.37 bits per heavy atom. The number of anilines is 3. The van der Waals surface area contributed by atoms with Crippen molar-refractivity contribution in [3.63, 3.8) is 0 Å². The average molecular weight is 714 g/mol. The standard InChI is InChI=1S/C45H35N3S3/c1-4-8-33-13-20-37(21-14-33)48(36-18-11-31(2)12-19-36)38-22-15-34(16-23-38)17-24-39-25-27-41(49-39)42-28-26-40(50-42)29-43-44(35-9-6-5-7-10-35)47-45(51-43)32(3)30-46/h5-7,9-16,18-23,25-29H,4,8H2,1-3H3/b43-29?,45-32+. The number of aryl methyl sites for hydroxylation is 2. The topological polar surface area (TPSA) is 39.9 Å². The molecule has 51 heavy (non-hydrogen) atoms. The summed E-state index contributed by atoms with van der Waals surface area (Å²) >= 11 is 5.02. The lowest BCUT2D eigenvalue weighted by Crippen LogP contribution is -2.10. The summed E-state index contributed by atoms with van der Waals surface area (Å²) < 4.78 is 1.81. The molecule has 7 rings (SSSR count). The summed E-state index contributed by atoms with van der Waals surface area (Å²) in [6.45, 7) is 6.16. The molecule has 0 fully saturated rings. The number of rotatable bonds is 8. The van der Waals surface area contributed by atoms with Crippen LogP contribution >= 0.6 is 34.0 Å². The van der Waals surface area contributed by atoms with Crippen LogP contribution in [0.2, 0.25) is 0 Å². The molecular formula is C45H35N3S3. The van der Waals surface area contributed by atoms with Gasteiger partial charge in [0.15, 0.2) is 0 Å². The molecule has 4 aromatic carbocycles. The zero-order chi connectivity index (χ0) is 35.2. The number of benzene rings is 4. The minimum atomic E-state index is 0.629. The molecule has 7 aromatic rings. The molecule has 3 aromatic heterocycles. The maximum atomic E-state index is 9.48. The van der Waals surface area contributed by atoms with Gasteiger partial charge in [0.1, 0.15) is 4.66 Å². The Balaban J connectivity index is 1.11. The van der Waals surface area contributed by atoms with Gasteiger partial charge in [-0.15, -0.1) is 34.0 Å². The molecule has 0 aliphatic heterocycles. The summed E-state index contributed by atoms with van der Waals surface area (Å²) in [4.78, 5) is 11.7. The van der Waals surface area contributed by atoms with E-state index in [0.717, 1.165) is 65.7 Å². The summed E-state index contributed by atoms with van der Waals surface area (Å²) in [6.07, 6.45) is 4.41. The fraction of sp³-hybridized carbons (Fsp3) is 0.111. The Hall–Kier alpha value is -5.50. The summed E-state index contributed by atoms with van der Waals surface area (Å²) in [7, 11) is 0. The average Bonchev–Trinajstić information content (AvgIpc) is 3.94. The molecule has 0 aliphatic carbocycles. The molecule has 0 radical (unpaired) electrons. The first-order valence-corrected chi connectivity index (χ1v) is 19.4. The zero-order valence-corrected chi connectivity index (χ0v) is 31.1. The van der Waals surface area contributed by atoms with Gasteiger partial charge in [-0.3, -0.25) is 0 Å². The largest absolute Gasteiger partial charge is 0.311 e. The van der Waals surface area contributed by atoms with E-state index in [4.69, 9.17) is 4.98 Å². The van der Waals surface area contributed by atoms with Crippen LogP contribution in [-0.2, 0) is 6.42 Å². The first-order chi connectivity index (χ1) is 25.0. The van der Waals surface area contributed by atoms with Crippen LogP contribution in [0.25, 0.3) is 32.7 Å². The van der Waals surface area contributed by atoms with Gasteiger partial charge in [0.25, 0.3) is 0 Å². The minimum absolute atomic E-state index is 0.629. The third-order valence-electron chi connectivity index (χ3n) is 8.42. The number of nitriles is 1. The highest BCUT2D eigenvalue weighted by Gasteiger charge is 2.13. The van der Waals surface area contributed by atoms with Gasteiger partial charge in [0, 0.05) is 42.8 Å². The van der Waals surface area contributed by atoms with Gasteiger partial charge in [-0.2, -0.15) is 5.26 Å². The van der Waals surface area contributed by atoms with Gasteiger partial charge in [-0.1, -0.05) is 85.3 Å². The second kappa shape index (κ2) is 15.6. The monoisotopic (exact) mass is 713 g/mol. The Morgan fingerprint density at radius 1 is 0.725 bits per heavy atom. The fourth-order valence-corrected chi connectivity index (χ4v) is 8.71. The van der Waals surface area contributed by atoms with E-state index in [1.54, 1.807) is 34.0 Å².